The van der Waals surface area contributed by atoms with Crippen LogP contribution in [-0.2, 0) is 16.6 Å². The van der Waals surface area contributed by atoms with Crippen molar-refractivity contribution < 1.29 is 19.4 Å². The molecule has 0 aromatic carbocycles. The zero-order valence-electron chi connectivity index (χ0n) is 9.57. The van der Waals surface area contributed by atoms with Gasteiger partial charge in [0.1, 0.15) is 17.5 Å². The molecule has 0 fully saturated rings. The highest BCUT2D eigenvalue weighted by Crippen LogP contribution is 2.24. The highest BCUT2D eigenvalue weighted by Gasteiger charge is 2.15. The standard InChI is InChI=1S/C10H12Cl2N2O4/c1-14-7(4-6(11)9(14)12)10(17)13-2-3-18-5-8(15)16/h4H,2-3,5H2,1H3,(H,13,17)(H,15,16). The number of carbonyl (C=O) groups is 2. The van der Waals surface area contributed by atoms with Gasteiger partial charge in [-0.1, -0.05) is 23.2 Å². The van der Waals surface area contributed by atoms with E-state index in [1.165, 1.54) is 10.6 Å². The fraction of sp³-hybridized carbons (Fsp3) is 0.400. The highest BCUT2D eigenvalue weighted by atomic mass is 35.5. The summed E-state index contributed by atoms with van der Waals surface area (Å²) in [7, 11) is 1.62. The molecule has 2 N–H and O–H groups in total. The SMILES string of the molecule is Cn1c(C(=O)NCCOCC(=O)O)cc(Cl)c1Cl. The van der Waals surface area contributed by atoms with Crippen molar-refractivity contribution in [1.29, 1.82) is 0 Å². The average Bonchev–Trinajstić information content (AvgIpc) is 2.56. The zero-order valence-corrected chi connectivity index (χ0v) is 11.1. The van der Waals surface area contributed by atoms with Gasteiger partial charge >= 0.3 is 5.97 Å². The normalized spacial score (nSPS) is 10.4. The second-order valence-electron chi connectivity index (χ2n) is 3.43. The maximum absolute atomic E-state index is 11.7. The largest absolute Gasteiger partial charge is 0.480 e. The van der Waals surface area contributed by atoms with Crippen LogP contribution in [0.1, 0.15) is 10.5 Å². The number of carboxylic acid groups (broad SMARTS) is 1. The van der Waals surface area contributed by atoms with Gasteiger partial charge in [-0.15, -0.1) is 0 Å². The number of carbonyl (C=O) groups excluding carboxylic acids is 1. The molecule has 0 aliphatic carbocycles. The number of nitrogens with zero attached hydrogens (tertiary/aromatic N) is 1. The Morgan fingerprint density at radius 2 is 2.17 bits per heavy atom. The van der Waals surface area contributed by atoms with Gasteiger partial charge in [0.05, 0.1) is 11.6 Å². The second kappa shape index (κ2) is 6.63. The fourth-order valence-corrected chi connectivity index (χ4v) is 1.62. The summed E-state index contributed by atoms with van der Waals surface area (Å²) in [5.74, 6) is -1.41. The minimum atomic E-state index is -1.05. The smallest absolute Gasteiger partial charge is 0.329 e. The molecule has 1 aromatic rings. The maximum Gasteiger partial charge on any atom is 0.329 e. The van der Waals surface area contributed by atoms with Crippen molar-refractivity contribution in [3.8, 4) is 0 Å². The fourth-order valence-electron chi connectivity index (χ4n) is 1.25. The zero-order chi connectivity index (χ0) is 13.7. The summed E-state index contributed by atoms with van der Waals surface area (Å²) in [6, 6.07) is 1.46. The van der Waals surface area contributed by atoms with Crippen molar-refractivity contribution in [3.05, 3.63) is 21.9 Å². The first kappa shape index (κ1) is 14.8. The van der Waals surface area contributed by atoms with Crippen LogP contribution in [0.3, 0.4) is 0 Å². The summed E-state index contributed by atoms with van der Waals surface area (Å²) in [4.78, 5) is 21.9. The van der Waals surface area contributed by atoms with Crippen LogP contribution in [0.5, 0.6) is 0 Å². The van der Waals surface area contributed by atoms with Gasteiger partial charge in [-0.05, 0) is 6.07 Å². The predicted molar refractivity (Wildman–Crippen MR) is 66.2 cm³/mol. The molecule has 1 amide bonds. The van der Waals surface area contributed by atoms with E-state index in [0.717, 1.165) is 0 Å². The van der Waals surface area contributed by atoms with Crippen LogP contribution in [0.2, 0.25) is 10.2 Å². The minimum absolute atomic E-state index is 0.115. The number of hydrogen-bond acceptors (Lipinski definition) is 3. The van der Waals surface area contributed by atoms with Gasteiger partial charge in [-0.3, -0.25) is 4.79 Å². The van der Waals surface area contributed by atoms with Crippen molar-refractivity contribution in [1.82, 2.24) is 9.88 Å². The summed E-state index contributed by atoms with van der Waals surface area (Å²) in [6.45, 7) is -0.0753. The first-order valence-corrected chi connectivity index (χ1v) is 5.77. The molecular weight excluding hydrogens is 283 g/mol. The van der Waals surface area contributed by atoms with Gasteiger partial charge in [-0.25, -0.2) is 4.79 Å². The molecule has 0 radical (unpaired) electrons. The number of nitrogens with one attached hydrogen (secondary N) is 1. The van der Waals surface area contributed by atoms with Crippen molar-refractivity contribution in [2.45, 2.75) is 0 Å². The number of ether oxygens (including phenoxy) is 1. The van der Waals surface area contributed by atoms with Crippen LogP contribution in [0.25, 0.3) is 0 Å². The summed E-state index contributed by atoms with van der Waals surface area (Å²) in [5, 5.41) is 11.5. The van der Waals surface area contributed by atoms with Gasteiger partial charge in [0, 0.05) is 13.6 Å². The van der Waals surface area contributed by atoms with E-state index < -0.39 is 12.6 Å². The van der Waals surface area contributed by atoms with Crippen LogP contribution in [-0.4, -0.2) is 41.3 Å². The molecule has 1 aromatic heterocycles. The molecule has 0 bridgehead atoms. The third-order valence-electron chi connectivity index (χ3n) is 2.11. The second-order valence-corrected chi connectivity index (χ2v) is 4.19. The van der Waals surface area contributed by atoms with Crippen LogP contribution < -0.4 is 5.32 Å². The number of aromatic nitrogens is 1. The molecule has 0 spiro atoms. The van der Waals surface area contributed by atoms with E-state index >= 15 is 0 Å². The lowest BCUT2D eigenvalue weighted by Crippen LogP contribution is -2.29. The Morgan fingerprint density at radius 3 is 2.67 bits per heavy atom. The van der Waals surface area contributed by atoms with Crippen molar-refractivity contribution in [2.75, 3.05) is 19.8 Å². The minimum Gasteiger partial charge on any atom is -0.480 e. The number of rotatable bonds is 6. The molecule has 8 heteroatoms. The van der Waals surface area contributed by atoms with E-state index in [9.17, 15) is 9.59 Å². The molecule has 0 unspecified atom stereocenters. The number of hydrogen-bond donors (Lipinski definition) is 2. The molecule has 0 saturated carbocycles. The number of carboxylic acids is 1. The Morgan fingerprint density at radius 1 is 1.50 bits per heavy atom. The van der Waals surface area contributed by atoms with Gasteiger partial charge in [0.25, 0.3) is 5.91 Å². The first-order chi connectivity index (χ1) is 8.43. The van der Waals surface area contributed by atoms with Gasteiger partial charge in [-0.2, -0.15) is 0 Å². The summed E-state index contributed by atoms with van der Waals surface area (Å²) in [6.07, 6.45) is 0. The lowest BCUT2D eigenvalue weighted by Gasteiger charge is -2.06. The topological polar surface area (TPSA) is 80.6 Å². The van der Waals surface area contributed by atoms with E-state index in [1.807, 2.05) is 0 Å². The van der Waals surface area contributed by atoms with E-state index in [4.69, 9.17) is 33.0 Å². The predicted octanol–water partition coefficient (Wildman–Crippen LogP) is 1.16. The quantitative estimate of drug-likeness (QED) is 0.772. The Balaban J connectivity index is 2.41. The lowest BCUT2D eigenvalue weighted by atomic mass is 10.4. The Hall–Kier alpha value is -1.24. The highest BCUT2D eigenvalue weighted by molar-refractivity contribution is 6.41. The molecule has 18 heavy (non-hydrogen) atoms. The number of amides is 1. The van der Waals surface area contributed by atoms with Crippen LogP contribution in [0.15, 0.2) is 6.07 Å². The molecule has 6 nitrogen and oxygen atoms in total. The Kier molecular flexibility index (Phi) is 5.46. The van der Waals surface area contributed by atoms with Gasteiger partial charge in [0.2, 0.25) is 0 Å². The molecule has 100 valence electrons. The third kappa shape index (κ3) is 3.90. The van der Waals surface area contributed by atoms with Gasteiger partial charge in [0.15, 0.2) is 0 Å². The molecule has 0 atom stereocenters. The Labute approximate surface area is 113 Å². The molecule has 0 aliphatic heterocycles. The Bertz CT molecular complexity index is 459. The molecular formula is C10H12Cl2N2O4. The first-order valence-electron chi connectivity index (χ1n) is 5.02. The van der Waals surface area contributed by atoms with E-state index in [-0.39, 0.29) is 24.2 Å². The lowest BCUT2D eigenvalue weighted by molar-refractivity contribution is -0.142. The van der Waals surface area contributed by atoms with E-state index in [2.05, 4.69) is 5.32 Å². The number of halogens is 2. The van der Waals surface area contributed by atoms with Crippen molar-refractivity contribution >= 4 is 35.1 Å². The number of aliphatic carboxylic acids is 1. The monoisotopic (exact) mass is 294 g/mol. The van der Waals surface area contributed by atoms with Gasteiger partial charge < -0.3 is 19.7 Å². The average molecular weight is 295 g/mol. The maximum atomic E-state index is 11.7. The third-order valence-corrected chi connectivity index (χ3v) is 2.95. The molecule has 0 aliphatic rings. The summed E-state index contributed by atoms with van der Waals surface area (Å²) >= 11 is 11.6. The van der Waals surface area contributed by atoms with Crippen molar-refractivity contribution in [3.63, 3.8) is 0 Å². The molecule has 1 heterocycles. The summed E-state index contributed by atoms with van der Waals surface area (Å²) in [5.41, 5.74) is 0.322. The van der Waals surface area contributed by atoms with Crippen molar-refractivity contribution in [2.24, 2.45) is 7.05 Å². The van der Waals surface area contributed by atoms with Crippen LogP contribution in [0.4, 0.5) is 0 Å². The van der Waals surface area contributed by atoms with E-state index in [1.54, 1.807) is 7.05 Å². The van der Waals surface area contributed by atoms with E-state index in [0.29, 0.717) is 10.7 Å². The molecule has 0 saturated heterocycles. The molecule has 1 rings (SSSR count). The van der Waals surface area contributed by atoms with Crippen LogP contribution >= 0.6 is 23.2 Å². The van der Waals surface area contributed by atoms with Crippen LogP contribution in [0, 0.1) is 0 Å². The summed E-state index contributed by atoms with van der Waals surface area (Å²) < 4.78 is 6.22.